The summed E-state index contributed by atoms with van der Waals surface area (Å²) in [6.07, 6.45) is 3.41. The highest BCUT2D eigenvalue weighted by Gasteiger charge is 2.08. The van der Waals surface area contributed by atoms with Gasteiger partial charge in [0.05, 0.1) is 12.1 Å². The van der Waals surface area contributed by atoms with Crippen LogP contribution in [0.5, 0.6) is 0 Å². The summed E-state index contributed by atoms with van der Waals surface area (Å²) >= 11 is 0. The molecule has 0 unspecified atom stereocenters. The molecular weight excluding hydrogens is 204 g/mol. The molecule has 0 aromatic carbocycles. The molecule has 0 saturated carbocycles. The molecule has 0 bridgehead atoms. The van der Waals surface area contributed by atoms with Crippen LogP contribution in [0.4, 0.5) is 0 Å². The Kier molecular flexibility index (Phi) is 3.26. The first-order chi connectivity index (χ1) is 7.75. The number of nitrogens with one attached hydrogen (secondary N) is 1. The minimum atomic E-state index is 0.397. The van der Waals surface area contributed by atoms with Crippen LogP contribution in [0.3, 0.4) is 0 Å². The van der Waals surface area contributed by atoms with Gasteiger partial charge < -0.3 is 9.73 Å². The van der Waals surface area contributed by atoms with Crippen molar-refractivity contribution >= 4 is 0 Å². The van der Waals surface area contributed by atoms with E-state index < -0.39 is 0 Å². The molecule has 2 rings (SSSR count). The Balaban J connectivity index is 2.08. The molecule has 0 fully saturated rings. The van der Waals surface area contributed by atoms with Gasteiger partial charge in [-0.3, -0.25) is 4.98 Å². The van der Waals surface area contributed by atoms with Gasteiger partial charge in [0.2, 0.25) is 11.8 Å². The number of pyridine rings is 1. The molecule has 2 aromatic rings. The van der Waals surface area contributed by atoms with Gasteiger partial charge in [-0.15, -0.1) is 10.2 Å². The van der Waals surface area contributed by atoms with E-state index in [-0.39, 0.29) is 0 Å². The van der Waals surface area contributed by atoms with Gasteiger partial charge in [0.1, 0.15) is 0 Å². The largest absolute Gasteiger partial charge is 0.419 e. The summed E-state index contributed by atoms with van der Waals surface area (Å²) < 4.78 is 5.50. The standard InChI is InChI=1S/C11H14N4O/c1-8(2)13-7-10-14-15-11(16-10)9-4-3-5-12-6-9/h3-6,8,13H,7H2,1-2H3. The minimum Gasteiger partial charge on any atom is -0.419 e. The first-order valence-corrected chi connectivity index (χ1v) is 5.22. The predicted octanol–water partition coefficient (Wildman–Crippen LogP) is 1.63. The highest BCUT2D eigenvalue weighted by molar-refractivity contribution is 5.49. The van der Waals surface area contributed by atoms with Crippen LogP contribution >= 0.6 is 0 Å². The molecular formula is C11H14N4O. The summed E-state index contributed by atoms with van der Waals surface area (Å²) in [6.45, 7) is 4.72. The lowest BCUT2D eigenvalue weighted by atomic mass is 10.3. The topological polar surface area (TPSA) is 63.8 Å². The molecule has 2 aromatic heterocycles. The molecule has 0 aliphatic rings. The van der Waals surface area contributed by atoms with E-state index in [9.17, 15) is 0 Å². The van der Waals surface area contributed by atoms with Gasteiger partial charge in [-0.1, -0.05) is 13.8 Å². The summed E-state index contributed by atoms with van der Waals surface area (Å²) in [5.41, 5.74) is 0.839. The number of hydrogen-bond donors (Lipinski definition) is 1. The van der Waals surface area contributed by atoms with Crippen LogP contribution in [0.15, 0.2) is 28.9 Å². The van der Waals surface area contributed by atoms with Crippen LogP contribution in [0.2, 0.25) is 0 Å². The summed E-state index contributed by atoms with van der Waals surface area (Å²) in [7, 11) is 0. The lowest BCUT2D eigenvalue weighted by Crippen LogP contribution is -2.21. The van der Waals surface area contributed by atoms with E-state index in [0.29, 0.717) is 24.4 Å². The third-order valence-electron chi connectivity index (χ3n) is 2.04. The molecule has 2 heterocycles. The van der Waals surface area contributed by atoms with Crippen molar-refractivity contribution < 1.29 is 4.42 Å². The second kappa shape index (κ2) is 4.85. The van der Waals surface area contributed by atoms with E-state index in [1.54, 1.807) is 12.4 Å². The number of aromatic nitrogens is 3. The van der Waals surface area contributed by atoms with Crippen LogP contribution < -0.4 is 5.32 Å². The van der Waals surface area contributed by atoms with Crippen LogP contribution in [0.25, 0.3) is 11.5 Å². The summed E-state index contributed by atoms with van der Waals surface area (Å²) in [6, 6.07) is 4.12. The molecule has 0 aliphatic carbocycles. The zero-order chi connectivity index (χ0) is 11.4. The van der Waals surface area contributed by atoms with Crippen molar-refractivity contribution in [2.45, 2.75) is 26.4 Å². The van der Waals surface area contributed by atoms with Gasteiger partial charge in [-0.25, -0.2) is 0 Å². The monoisotopic (exact) mass is 218 g/mol. The van der Waals surface area contributed by atoms with Crippen molar-refractivity contribution in [1.82, 2.24) is 20.5 Å². The molecule has 16 heavy (non-hydrogen) atoms. The second-order valence-electron chi connectivity index (χ2n) is 3.78. The molecule has 0 atom stereocenters. The second-order valence-corrected chi connectivity index (χ2v) is 3.78. The molecule has 0 amide bonds. The molecule has 5 nitrogen and oxygen atoms in total. The van der Waals surface area contributed by atoms with Crippen molar-refractivity contribution in [2.75, 3.05) is 0 Å². The number of rotatable bonds is 4. The lowest BCUT2D eigenvalue weighted by molar-refractivity contribution is 0.458. The molecule has 0 radical (unpaired) electrons. The zero-order valence-electron chi connectivity index (χ0n) is 9.34. The normalized spacial score (nSPS) is 10.9. The predicted molar refractivity (Wildman–Crippen MR) is 59.5 cm³/mol. The van der Waals surface area contributed by atoms with Gasteiger partial charge in [-0.05, 0) is 12.1 Å². The van der Waals surface area contributed by atoms with E-state index >= 15 is 0 Å². The highest BCUT2D eigenvalue weighted by atomic mass is 16.4. The number of nitrogens with zero attached hydrogens (tertiary/aromatic N) is 3. The number of hydrogen-bond acceptors (Lipinski definition) is 5. The Morgan fingerprint density at radius 3 is 2.94 bits per heavy atom. The SMILES string of the molecule is CC(C)NCc1nnc(-c2cccnc2)o1. The maximum absolute atomic E-state index is 5.50. The van der Waals surface area contributed by atoms with Crippen LogP contribution in [0.1, 0.15) is 19.7 Å². The quantitative estimate of drug-likeness (QED) is 0.845. The third kappa shape index (κ3) is 2.64. The molecule has 5 heteroatoms. The first-order valence-electron chi connectivity index (χ1n) is 5.22. The summed E-state index contributed by atoms with van der Waals surface area (Å²) in [4.78, 5) is 4.00. The molecule has 0 aliphatic heterocycles. The van der Waals surface area contributed by atoms with Crippen molar-refractivity contribution in [3.63, 3.8) is 0 Å². The Hall–Kier alpha value is -1.75. The van der Waals surface area contributed by atoms with Gasteiger partial charge in [0.25, 0.3) is 0 Å². The fraction of sp³-hybridized carbons (Fsp3) is 0.364. The Morgan fingerprint density at radius 1 is 1.38 bits per heavy atom. The average Bonchev–Trinajstić information content (AvgIpc) is 2.76. The van der Waals surface area contributed by atoms with E-state index in [4.69, 9.17) is 4.42 Å². The Morgan fingerprint density at radius 2 is 2.25 bits per heavy atom. The highest BCUT2D eigenvalue weighted by Crippen LogP contribution is 2.15. The molecule has 0 saturated heterocycles. The minimum absolute atomic E-state index is 0.397. The van der Waals surface area contributed by atoms with E-state index in [1.807, 2.05) is 12.1 Å². The van der Waals surface area contributed by atoms with E-state index in [2.05, 4.69) is 34.3 Å². The fourth-order valence-corrected chi connectivity index (χ4v) is 1.22. The zero-order valence-corrected chi connectivity index (χ0v) is 9.34. The summed E-state index contributed by atoms with van der Waals surface area (Å²) in [5.74, 6) is 1.10. The van der Waals surface area contributed by atoms with E-state index in [1.165, 1.54) is 0 Å². The first kappa shape index (κ1) is 10.8. The summed E-state index contributed by atoms with van der Waals surface area (Å²) in [5, 5.41) is 11.1. The van der Waals surface area contributed by atoms with Crippen molar-refractivity contribution in [1.29, 1.82) is 0 Å². The van der Waals surface area contributed by atoms with E-state index in [0.717, 1.165) is 5.56 Å². The smallest absolute Gasteiger partial charge is 0.249 e. The molecule has 0 spiro atoms. The van der Waals surface area contributed by atoms with Crippen LogP contribution in [0, 0.1) is 0 Å². The van der Waals surface area contributed by atoms with Crippen molar-refractivity contribution in [3.05, 3.63) is 30.4 Å². The molecule has 1 N–H and O–H groups in total. The van der Waals surface area contributed by atoms with Gasteiger partial charge in [0, 0.05) is 18.4 Å². The van der Waals surface area contributed by atoms with Gasteiger partial charge >= 0.3 is 0 Å². The lowest BCUT2D eigenvalue weighted by Gasteiger charge is -2.03. The van der Waals surface area contributed by atoms with Crippen molar-refractivity contribution in [2.24, 2.45) is 0 Å². The van der Waals surface area contributed by atoms with Crippen molar-refractivity contribution in [3.8, 4) is 11.5 Å². The Labute approximate surface area is 93.9 Å². The van der Waals surface area contributed by atoms with Crippen LogP contribution in [-0.4, -0.2) is 21.2 Å². The fourth-order valence-electron chi connectivity index (χ4n) is 1.22. The maximum atomic E-state index is 5.50. The maximum Gasteiger partial charge on any atom is 0.249 e. The molecule has 84 valence electrons. The van der Waals surface area contributed by atoms with Crippen LogP contribution in [-0.2, 0) is 6.54 Å². The Bertz CT molecular complexity index is 438. The average molecular weight is 218 g/mol. The van der Waals surface area contributed by atoms with Gasteiger partial charge in [-0.2, -0.15) is 0 Å². The van der Waals surface area contributed by atoms with Gasteiger partial charge in [0.15, 0.2) is 0 Å². The third-order valence-corrected chi connectivity index (χ3v) is 2.04.